The highest BCUT2D eigenvalue weighted by Crippen LogP contribution is 2.30. The van der Waals surface area contributed by atoms with Crippen LogP contribution in [0.25, 0.3) is 0 Å². The van der Waals surface area contributed by atoms with Crippen LogP contribution in [0.5, 0.6) is 5.75 Å². The standard InChI is InChI=1S/C21H21Br2N3O4S2/c1-3-4-5-18-20(27)25-21(31-18)26-24-12-14-10-13(2)6-9-17(14)30-32(28,29)19-11-15(22)7-8-16(19)23/h6-12,18H,3-5H2,1-2H3,(H,25,26,27)/t18-/m0/s1. The first-order valence-corrected chi connectivity index (χ1v) is 13.7. The maximum atomic E-state index is 12.9. The van der Waals surface area contributed by atoms with E-state index in [1.807, 2.05) is 6.92 Å². The molecule has 0 spiro atoms. The van der Waals surface area contributed by atoms with Gasteiger partial charge >= 0.3 is 10.1 Å². The van der Waals surface area contributed by atoms with E-state index >= 15 is 0 Å². The number of carbonyl (C=O) groups is 1. The van der Waals surface area contributed by atoms with Crippen LogP contribution in [0.1, 0.15) is 37.3 Å². The van der Waals surface area contributed by atoms with Crippen molar-refractivity contribution in [3.8, 4) is 5.75 Å². The Kier molecular flexibility index (Phi) is 8.54. The SMILES string of the molecule is CCCC[C@@H]1SC(=NN=Cc2cc(C)ccc2OS(=O)(=O)c2cc(Br)ccc2Br)NC1=O. The lowest BCUT2D eigenvalue weighted by Gasteiger charge is -2.11. The molecule has 1 aliphatic rings. The minimum atomic E-state index is -4.10. The van der Waals surface area contributed by atoms with Crippen molar-refractivity contribution in [2.24, 2.45) is 10.2 Å². The number of hydrogen-bond donors (Lipinski definition) is 1. The molecular weight excluding hydrogens is 582 g/mol. The Morgan fingerprint density at radius 2 is 2.00 bits per heavy atom. The van der Waals surface area contributed by atoms with Crippen molar-refractivity contribution >= 4 is 71.0 Å². The molecule has 1 aliphatic heterocycles. The van der Waals surface area contributed by atoms with Crippen LogP contribution in [0.4, 0.5) is 0 Å². The molecule has 2 aromatic rings. The molecule has 0 aliphatic carbocycles. The predicted molar refractivity (Wildman–Crippen MR) is 135 cm³/mol. The van der Waals surface area contributed by atoms with Crippen molar-refractivity contribution in [3.63, 3.8) is 0 Å². The fraction of sp³-hybridized carbons (Fsp3) is 0.286. The summed E-state index contributed by atoms with van der Waals surface area (Å²) in [5, 5.41) is 11.1. The summed E-state index contributed by atoms with van der Waals surface area (Å²) in [5.74, 6) is 0.0537. The molecule has 1 N–H and O–H groups in total. The lowest BCUT2D eigenvalue weighted by Crippen LogP contribution is -2.24. The molecule has 0 aromatic heterocycles. The molecule has 2 aromatic carbocycles. The largest absolute Gasteiger partial charge is 0.378 e. The van der Waals surface area contributed by atoms with Crippen LogP contribution in [0.15, 0.2) is 60.4 Å². The van der Waals surface area contributed by atoms with Gasteiger partial charge in [0.1, 0.15) is 4.90 Å². The highest BCUT2D eigenvalue weighted by atomic mass is 79.9. The van der Waals surface area contributed by atoms with Gasteiger partial charge in [-0.05, 0) is 59.6 Å². The van der Waals surface area contributed by atoms with Gasteiger partial charge in [0, 0.05) is 14.5 Å². The van der Waals surface area contributed by atoms with E-state index in [9.17, 15) is 13.2 Å². The number of amidine groups is 1. The van der Waals surface area contributed by atoms with Gasteiger partial charge < -0.3 is 9.50 Å². The van der Waals surface area contributed by atoms with E-state index in [2.05, 4.69) is 54.3 Å². The molecule has 7 nitrogen and oxygen atoms in total. The van der Waals surface area contributed by atoms with Crippen LogP contribution >= 0.6 is 43.6 Å². The molecule has 1 saturated heterocycles. The second-order valence-corrected chi connectivity index (χ2v) is 11.5. The first-order chi connectivity index (χ1) is 15.2. The van der Waals surface area contributed by atoms with Gasteiger partial charge in [-0.2, -0.15) is 13.5 Å². The molecule has 0 radical (unpaired) electrons. The topological polar surface area (TPSA) is 97.2 Å². The third kappa shape index (κ3) is 6.43. The Morgan fingerprint density at radius 1 is 1.22 bits per heavy atom. The number of thioether (sulfide) groups is 1. The maximum absolute atomic E-state index is 12.9. The van der Waals surface area contributed by atoms with Crippen molar-refractivity contribution in [2.75, 3.05) is 0 Å². The minimum Gasteiger partial charge on any atom is -0.378 e. The fourth-order valence-electron chi connectivity index (χ4n) is 2.85. The van der Waals surface area contributed by atoms with Crippen molar-refractivity contribution in [3.05, 3.63) is 56.5 Å². The molecule has 11 heteroatoms. The van der Waals surface area contributed by atoms with Gasteiger partial charge in [-0.3, -0.25) is 4.79 Å². The van der Waals surface area contributed by atoms with Crippen LogP contribution in [-0.4, -0.2) is 31.0 Å². The van der Waals surface area contributed by atoms with Crippen LogP contribution in [0, 0.1) is 6.92 Å². The summed E-state index contributed by atoms with van der Waals surface area (Å²) >= 11 is 7.88. The number of nitrogens with one attached hydrogen (secondary N) is 1. The molecule has 3 rings (SSSR count). The number of hydrogen-bond acceptors (Lipinski definition) is 7. The first kappa shape index (κ1) is 24.9. The molecule has 0 saturated carbocycles. The predicted octanol–water partition coefficient (Wildman–Crippen LogP) is 5.40. The maximum Gasteiger partial charge on any atom is 0.340 e. The Labute approximate surface area is 208 Å². The van der Waals surface area contributed by atoms with E-state index < -0.39 is 10.1 Å². The molecule has 32 heavy (non-hydrogen) atoms. The molecular formula is C21H21Br2N3O4S2. The fourth-order valence-corrected chi connectivity index (χ4v) is 6.24. The lowest BCUT2D eigenvalue weighted by atomic mass is 10.1. The zero-order chi connectivity index (χ0) is 23.3. The summed E-state index contributed by atoms with van der Waals surface area (Å²) in [6, 6.07) is 9.86. The van der Waals surface area contributed by atoms with Gasteiger partial charge in [0.25, 0.3) is 0 Å². The highest BCUT2D eigenvalue weighted by Gasteiger charge is 2.29. The van der Waals surface area contributed by atoms with Gasteiger partial charge in [-0.15, -0.1) is 5.10 Å². The Hall–Kier alpha value is -1.69. The van der Waals surface area contributed by atoms with Crippen molar-refractivity contribution in [1.29, 1.82) is 0 Å². The molecule has 0 bridgehead atoms. The number of rotatable bonds is 8. The van der Waals surface area contributed by atoms with Crippen LogP contribution in [-0.2, 0) is 14.9 Å². The molecule has 1 fully saturated rings. The quantitative estimate of drug-likeness (QED) is 0.248. The third-order valence-corrected chi connectivity index (χ3v) is 8.33. The van der Waals surface area contributed by atoms with Crippen LogP contribution in [0.3, 0.4) is 0 Å². The molecule has 0 unspecified atom stereocenters. The minimum absolute atomic E-state index is 0.00114. The lowest BCUT2D eigenvalue weighted by molar-refractivity contribution is -0.118. The Bertz CT molecular complexity index is 1180. The molecule has 1 heterocycles. The van der Waals surface area contributed by atoms with Gasteiger partial charge in [0.15, 0.2) is 10.9 Å². The molecule has 170 valence electrons. The number of amides is 1. The van der Waals surface area contributed by atoms with E-state index in [1.165, 1.54) is 24.0 Å². The summed E-state index contributed by atoms with van der Waals surface area (Å²) in [6.07, 6.45) is 4.18. The molecule has 1 amide bonds. The smallest absolute Gasteiger partial charge is 0.340 e. The van der Waals surface area contributed by atoms with Gasteiger partial charge in [-0.25, -0.2) is 0 Å². The van der Waals surface area contributed by atoms with E-state index in [1.54, 1.807) is 30.3 Å². The first-order valence-electron chi connectivity index (χ1n) is 9.78. The van der Waals surface area contributed by atoms with Crippen LogP contribution in [0.2, 0.25) is 0 Å². The summed E-state index contributed by atoms with van der Waals surface area (Å²) in [4.78, 5) is 12.0. The Morgan fingerprint density at radius 3 is 2.75 bits per heavy atom. The summed E-state index contributed by atoms with van der Waals surface area (Å²) in [5.41, 5.74) is 1.34. The van der Waals surface area contributed by atoms with Crippen molar-refractivity contribution < 1.29 is 17.4 Å². The number of unbranched alkanes of at least 4 members (excludes halogenated alkanes) is 1. The van der Waals surface area contributed by atoms with E-state index in [0.29, 0.717) is 19.7 Å². The molecule has 1 atom stereocenters. The average Bonchev–Trinajstić information content (AvgIpc) is 3.09. The van der Waals surface area contributed by atoms with E-state index in [4.69, 9.17) is 4.18 Å². The summed E-state index contributed by atoms with van der Waals surface area (Å²) < 4.78 is 32.1. The van der Waals surface area contributed by atoms with Crippen molar-refractivity contribution in [1.82, 2.24) is 5.32 Å². The second-order valence-electron chi connectivity index (χ2n) is 7.04. The zero-order valence-corrected chi connectivity index (χ0v) is 22.1. The van der Waals surface area contributed by atoms with Crippen LogP contribution < -0.4 is 9.50 Å². The van der Waals surface area contributed by atoms with E-state index in [0.717, 1.165) is 24.8 Å². The zero-order valence-electron chi connectivity index (χ0n) is 17.3. The third-order valence-electron chi connectivity index (χ3n) is 4.47. The van der Waals surface area contributed by atoms with E-state index in [-0.39, 0.29) is 21.8 Å². The normalized spacial score (nSPS) is 17.8. The second kappa shape index (κ2) is 11.0. The number of benzene rings is 2. The van der Waals surface area contributed by atoms with Crippen molar-refractivity contribution in [2.45, 2.75) is 43.3 Å². The van der Waals surface area contributed by atoms with Gasteiger partial charge in [-0.1, -0.05) is 59.1 Å². The average molecular weight is 603 g/mol. The number of nitrogens with zero attached hydrogens (tertiary/aromatic N) is 2. The summed E-state index contributed by atoms with van der Waals surface area (Å²) in [6.45, 7) is 3.95. The van der Waals surface area contributed by atoms with Gasteiger partial charge in [0.2, 0.25) is 5.91 Å². The van der Waals surface area contributed by atoms with Gasteiger partial charge in [0.05, 0.1) is 11.5 Å². The number of halogens is 2. The Balaban J connectivity index is 1.81. The summed E-state index contributed by atoms with van der Waals surface area (Å²) in [7, 11) is -4.10. The number of aryl methyl sites for hydroxylation is 1. The highest BCUT2D eigenvalue weighted by molar-refractivity contribution is 9.11. The number of carbonyl (C=O) groups excluding carboxylic acids is 1. The monoisotopic (exact) mass is 601 g/mol.